The molecule has 2 aliphatic rings. The van der Waals surface area contributed by atoms with Crippen molar-refractivity contribution in [3.8, 4) is 0 Å². The van der Waals surface area contributed by atoms with Gasteiger partial charge in [-0.2, -0.15) is 5.10 Å². The molecule has 1 aliphatic carbocycles. The lowest BCUT2D eigenvalue weighted by Gasteiger charge is -2.26. The van der Waals surface area contributed by atoms with Gasteiger partial charge >= 0.3 is 0 Å². The van der Waals surface area contributed by atoms with Crippen LogP contribution in [0.5, 0.6) is 0 Å². The summed E-state index contributed by atoms with van der Waals surface area (Å²) in [6.45, 7) is 6.02. The van der Waals surface area contributed by atoms with Gasteiger partial charge in [-0.25, -0.2) is 0 Å². The first-order valence-electron chi connectivity index (χ1n) is 10.6. The number of fused-ring (bicyclic) bond motifs is 1. The maximum atomic E-state index is 12.0. The molecule has 0 spiro atoms. The van der Waals surface area contributed by atoms with Gasteiger partial charge in [0.05, 0.1) is 6.54 Å². The van der Waals surface area contributed by atoms with Gasteiger partial charge in [-0.3, -0.25) is 14.5 Å². The molecule has 7 nitrogen and oxygen atoms in total. The Morgan fingerprint density at radius 3 is 2.87 bits per heavy atom. The first-order chi connectivity index (χ1) is 14.5. The van der Waals surface area contributed by atoms with Gasteiger partial charge in [0.2, 0.25) is 5.91 Å². The average Bonchev–Trinajstić information content (AvgIpc) is 3.49. The predicted octanol–water partition coefficient (Wildman–Crippen LogP) is 3.25. The largest absolute Gasteiger partial charge is 0.404 e. The zero-order valence-corrected chi connectivity index (χ0v) is 18.0. The van der Waals surface area contributed by atoms with Crippen molar-refractivity contribution in [1.29, 1.82) is 0 Å². The van der Waals surface area contributed by atoms with Crippen LogP contribution in [0.3, 0.4) is 0 Å². The Morgan fingerprint density at radius 2 is 2.20 bits per heavy atom. The fourth-order valence-corrected chi connectivity index (χ4v) is 4.04. The Hall–Kier alpha value is -3.09. The summed E-state index contributed by atoms with van der Waals surface area (Å²) in [6, 6.07) is 6.20. The number of aryl methyl sites for hydroxylation is 1. The molecule has 0 bridgehead atoms. The van der Waals surface area contributed by atoms with E-state index in [1.54, 1.807) is 26.4 Å². The summed E-state index contributed by atoms with van der Waals surface area (Å²) >= 11 is 0. The number of nitrogens with zero attached hydrogens (tertiary/aromatic N) is 4. The van der Waals surface area contributed by atoms with E-state index in [4.69, 9.17) is 10.8 Å². The smallest absolute Gasteiger partial charge is 0.219 e. The molecule has 2 heterocycles. The Balaban J connectivity index is 1.67. The summed E-state index contributed by atoms with van der Waals surface area (Å²) in [5, 5.41) is 8.43. The average molecular weight is 407 g/mol. The lowest BCUT2D eigenvalue weighted by molar-refractivity contribution is -0.129. The van der Waals surface area contributed by atoms with Crippen LogP contribution in [-0.4, -0.2) is 40.4 Å². The Bertz CT molecular complexity index is 1010. The standard InChI is InChI=1S/C23H30N6O/c1-15-4-7-19(10-20(15)18(11-24)12-25-3)26-23-21-14-28(16(2)30)9-8-22(21)29(27-23)13-17-5-6-17/h4,7,10-12,17H,5-6,8-9,13-14,24H2,1-3H3,(H,26,27). The van der Waals surface area contributed by atoms with E-state index < -0.39 is 0 Å². The minimum Gasteiger partial charge on any atom is -0.404 e. The van der Waals surface area contributed by atoms with E-state index >= 15 is 0 Å². The molecule has 30 heavy (non-hydrogen) atoms. The molecule has 0 radical (unpaired) electrons. The summed E-state index contributed by atoms with van der Waals surface area (Å²) in [4.78, 5) is 18.0. The molecule has 0 unspecified atom stereocenters. The molecule has 7 heteroatoms. The highest BCUT2D eigenvalue weighted by Gasteiger charge is 2.29. The van der Waals surface area contributed by atoms with Gasteiger partial charge in [-0.1, -0.05) is 6.07 Å². The van der Waals surface area contributed by atoms with Crippen molar-refractivity contribution >= 4 is 29.2 Å². The third kappa shape index (κ3) is 4.10. The van der Waals surface area contributed by atoms with Crippen molar-refractivity contribution in [1.82, 2.24) is 14.7 Å². The molecule has 1 amide bonds. The first-order valence-corrected chi connectivity index (χ1v) is 10.6. The van der Waals surface area contributed by atoms with Gasteiger partial charge in [0.15, 0.2) is 5.82 Å². The van der Waals surface area contributed by atoms with Crippen LogP contribution in [0.2, 0.25) is 0 Å². The van der Waals surface area contributed by atoms with E-state index in [1.807, 2.05) is 11.0 Å². The highest BCUT2D eigenvalue weighted by atomic mass is 16.2. The second kappa shape index (κ2) is 8.34. The zero-order valence-electron chi connectivity index (χ0n) is 18.0. The number of hydrogen-bond acceptors (Lipinski definition) is 5. The monoisotopic (exact) mass is 406 g/mol. The first kappa shape index (κ1) is 20.2. The van der Waals surface area contributed by atoms with Crippen LogP contribution in [0, 0.1) is 12.8 Å². The van der Waals surface area contributed by atoms with Crippen LogP contribution in [-0.2, 0) is 24.3 Å². The number of aliphatic imine (C=N–C) groups is 1. The third-order valence-corrected chi connectivity index (χ3v) is 5.97. The maximum absolute atomic E-state index is 12.0. The Morgan fingerprint density at radius 1 is 1.40 bits per heavy atom. The van der Waals surface area contributed by atoms with Crippen LogP contribution >= 0.6 is 0 Å². The second-order valence-corrected chi connectivity index (χ2v) is 8.25. The number of allylic oxidation sites excluding steroid dienone is 1. The molecule has 3 N–H and O–H groups in total. The number of hydrogen-bond donors (Lipinski definition) is 2. The van der Waals surface area contributed by atoms with E-state index in [1.165, 1.54) is 18.5 Å². The van der Waals surface area contributed by atoms with Crippen LogP contribution in [0.25, 0.3) is 5.57 Å². The Labute approximate surface area is 177 Å². The van der Waals surface area contributed by atoms with Gasteiger partial charge in [-0.15, -0.1) is 0 Å². The lowest BCUT2D eigenvalue weighted by atomic mass is 10.0. The van der Waals surface area contributed by atoms with Crippen LogP contribution < -0.4 is 11.1 Å². The summed E-state index contributed by atoms with van der Waals surface area (Å²) < 4.78 is 2.16. The number of nitrogens with two attached hydrogens (primary N) is 1. The predicted molar refractivity (Wildman–Crippen MR) is 121 cm³/mol. The minimum absolute atomic E-state index is 0.107. The van der Waals surface area contributed by atoms with Crippen molar-refractivity contribution in [2.45, 2.75) is 46.2 Å². The number of carbonyl (C=O) groups is 1. The van der Waals surface area contributed by atoms with Crippen molar-refractivity contribution in [2.24, 2.45) is 16.6 Å². The van der Waals surface area contributed by atoms with Gasteiger partial charge in [0.1, 0.15) is 0 Å². The fourth-order valence-electron chi connectivity index (χ4n) is 4.04. The minimum atomic E-state index is 0.107. The van der Waals surface area contributed by atoms with E-state index in [9.17, 15) is 4.79 Å². The number of benzene rings is 1. The molecular formula is C23H30N6O. The summed E-state index contributed by atoms with van der Waals surface area (Å²) in [5.41, 5.74) is 12.2. The van der Waals surface area contributed by atoms with Gasteiger partial charge < -0.3 is 16.0 Å². The molecular weight excluding hydrogens is 376 g/mol. The van der Waals surface area contributed by atoms with Crippen molar-refractivity contribution in [2.75, 3.05) is 18.9 Å². The van der Waals surface area contributed by atoms with E-state index in [0.717, 1.165) is 59.2 Å². The normalized spacial score (nSPS) is 16.8. The number of aromatic nitrogens is 2. The summed E-state index contributed by atoms with van der Waals surface area (Å²) in [5.74, 6) is 1.69. The van der Waals surface area contributed by atoms with E-state index in [2.05, 4.69) is 34.0 Å². The fraction of sp³-hybridized carbons (Fsp3) is 0.435. The third-order valence-electron chi connectivity index (χ3n) is 5.97. The summed E-state index contributed by atoms with van der Waals surface area (Å²) in [6.07, 6.45) is 6.76. The zero-order chi connectivity index (χ0) is 21.3. The van der Waals surface area contributed by atoms with Gasteiger partial charge in [-0.05, 0) is 48.9 Å². The molecule has 1 aliphatic heterocycles. The quantitative estimate of drug-likeness (QED) is 0.721. The second-order valence-electron chi connectivity index (χ2n) is 8.25. The van der Waals surface area contributed by atoms with E-state index in [0.29, 0.717) is 6.54 Å². The van der Waals surface area contributed by atoms with Crippen molar-refractivity contribution in [3.05, 3.63) is 46.8 Å². The lowest BCUT2D eigenvalue weighted by Crippen LogP contribution is -2.34. The van der Waals surface area contributed by atoms with Crippen molar-refractivity contribution in [3.63, 3.8) is 0 Å². The molecule has 1 fully saturated rings. The number of amides is 1. The number of anilines is 2. The van der Waals surface area contributed by atoms with Crippen LogP contribution in [0.1, 0.15) is 42.1 Å². The molecule has 1 aromatic heterocycles. The molecule has 2 aromatic rings. The molecule has 158 valence electrons. The van der Waals surface area contributed by atoms with Gasteiger partial charge in [0.25, 0.3) is 0 Å². The molecule has 1 saturated carbocycles. The van der Waals surface area contributed by atoms with Crippen molar-refractivity contribution < 1.29 is 4.79 Å². The molecule has 4 rings (SSSR count). The van der Waals surface area contributed by atoms with E-state index in [-0.39, 0.29) is 5.91 Å². The molecule has 0 saturated heterocycles. The number of carbonyl (C=O) groups excluding carboxylic acids is 1. The SMILES string of the molecule is CN=CC(=CN)c1cc(Nc2nn(CC3CC3)c3c2CN(C(C)=O)CC3)ccc1C. The molecule has 0 atom stereocenters. The number of rotatable bonds is 6. The van der Waals surface area contributed by atoms with Crippen LogP contribution in [0.15, 0.2) is 29.4 Å². The molecule has 1 aromatic carbocycles. The topological polar surface area (TPSA) is 88.5 Å². The van der Waals surface area contributed by atoms with Crippen LogP contribution in [0.4, 0.5) is 11.5 Å². The maximum Gasteiger partial charge on any atom is 0.219 e. The number of nitrogens with one attached hydrogen (secondary N) is 1. The highest BCUT2D eigenvalue weighted by Crippen LogP contribution is 2.34. The highest BCUT2D eigenvalue weighted by molar-refractivity contribution is 6.10. The van der Waals surface area contributed by atoms with Gasteiger partial charge in [0, 0.05) is 68.4 Å². The Kier molecular flexibility index (Phi) is 5.61. The summed E-state index contributed by atoms with van der Waals surface area (Å²) in [7, 11) is 1.74.